The first kappa shape index (κ1) is 15.3. The number of benzene rings is 2. The van der Waals surface area contributed by atoms with Crippen molar-refractivity contribution < 1.29 is 9.59 Å². The predicted molar refractivity (Wildman–Crippen MR) is 92.9 cm³/mol. The Hall–Kier alpha value is -2.62. The molecule has 1 aliphatic heterocycles. The molecule has 1 aliphatic rings. The van der Waals surface area contributed by atoms with Crippen LogP contribution in [0.4, 0.5) is 5.69 Å². The average Bonchev–Trinajstić information content (AvgIpc) is 2.58. The predicted octanol–water partition coefficient (Wildman–Crippen LogP) is 3.83. The largest absolute Gasteiger partial charge is 0.381 e. The molecule has 1 N–H and O–H groups in total. The van der Waals surface area contributed by atoms with Gasteiger partial charge in [0.05, 0.1) is 0 Å². The minimum Gasteiger partial charge on any atom is -0.381 e. The smallest absolute Gasteiger partial charge is 0.261 e. The first-order valence-corrected chi connectivity index (χ1v) is 7.95. The van der Waals surface area contributed by atoms with Gasteiger partial charge in [-0.25, -0.2) is 0 Å². The number of hydrogen-bond acceptors (Lipinski definition) is 3. The van der Waals surface area contributed by atoms with Crippen LogP contribution in [0.5, 0.6) is 0 Å². The van der Waals surface area contributed by atoms with Gasteiger partial charge in [0.1, 0.15) is 0 Å². The minimum absolute atomic E-state index is 0.192. The molecule has 118 valence electrons. The molecule has 2 aromatic carbocycles. The van der Waals surface area contributed by atoms with Crippen LogP contribution in [0.1, 0.15) is 40.5 Å². The lowest BCUT2D eigenvalue weighted by molar-refractivity contribution is 0.0608. The number of anilines is 1. The maximum Gasteiger partial charge on any atom is 0.261 e. The van der Waals surface area contributed by atoms with E-state index in [-0.39, 0.29) is 11.8 Å². The highest BCUT2D eigenvalue weighted by Crippen LogP contribution is 2.34. The van der Waals surface area contributed by atoms with E-state index in [1.165, 1.54) is 4.90 Å². The zero-order valence-electron chi connectivity index (χ0n) is 13.3. The average molecular weight is 308 g/mol. The van der Waals surface area contributed by atoms with Crippen LogP contribution in [0.2, 0.25) is 0 Å². The molecule has 23 heavy (non-hydrogen) atoms. The van der Waals surface area contributed by atoms with Crippen molar-refractivity contribution in [2.24, 2.45) is 0 Å². The first-order valence-electron chi connectivity index (χ1n) is 7.95. The van der Waals surface area contributed by atoms with E-state index in [9.17, 15) is 9.59 Å². The fraction of sp³-hybridized carbons (Fsp3) is 0.263. The van der Waals surface area contributed by atoms with E-state index in [0.717, 1.165) is 29.3 Å². The van der Waals surface area contributed by atoms with Gasteiger partial charge in [0.25, 0.3) is 11.8 Å². The monoisotopic (exact) mass is 308 g/mol. The van der Waals surface area contributed by atoms with Gasteiger partial charge < -0.3 is 5.32 Å². The number of hydrogen-bond donors (Lipinski definition) is 1. The van der Waals surface area contributed by atoms with Gasteiger partial charge >= 0.3 is 0 Å². The van der Waals surface area contributed by atoms with E-state index >= 15 is 0 Å². The summed E-state index contributed by atoms with van der Waals surface area (Å²) in [5, 5.41) is 4.92. The Balaban J connectivity index is 2.15. The molecule has 0 saturated heterocycles. The lowest BCUT2D eigenvalue weighted by Crippen LogP contribution is -2.40. The van der Waals surface area contributed by atoms with Crippen LogP contribution in [-0.4, -0.2) is 29.8 Å². The molecule has 1 heterocycles. The van der Waals surface area contributed by atoms with Gasteiger partial charge in [-0.3, -0.25) is 14.5 Å². The van der Waals surface area contributed by atoms with Crippen LogP contribution < -0.4 is 5.32 Å². The summed E-state index contributed by atoms with van der Waals surface area (Å²) in [6.45, 7) is 6.85. The summed E-state index contributed by atoms with van der Waals surface area (Å²) in [5.41, 5.74) is 2.12. The summed E-state index contributed by atoms with van der Waals surface area (Å²) < 4.78 is 0. The Morgan fingerprint density at radius 3 is 2.57 bits per heavy atom. The van der Waals surface area contributed by atoms with Crippen molar-refractivity contribution in [1.29, 1.82) is 0 Å². The van der Waals surface area contributed by atoms with Crippen molar-refractivity contribution >= 4 is 28.3 Å². The molecular formula is C19H20N2O2. The summed E-state index contributed by atoms with van der Waals surface area (Å²) >= 11 is 0. The fourth-order valence-electron chi connectivity index (χ4n) is 3.00. The second-order valence-corrected chi connectivity index (χ2v) is 5.67. The van der Waals surface area contributed by atoms with Crippen molar-refractivity contribution in [3.8, 4) is 0 Å². The van der Waals surface area contributed by atoms with Crippen molar-refractivity contribution in [1.82, 2.24) is 4.90 Å². The van der Waals surface area contributed by atoms with Gasteiger partial charge in [-0.05, 0) is 24.6 Å². The molecule has 4 heteroatoms. The molecule has 0 radical (unpaired) electrons. The van der Waals surface area contributed by atoms with Crippen LogP contribution in [0, 0.1) is 0 Å². The first-order chi connectivity index (χ1) is 11.2. The summed E-state index contributed by atoms with van der Waals surface area (Å²) in [4.78, 5) is 26.8. The van der Waals surface area contributed by atoms with Crippen LogP contribution in [0.15, 0.2) is 43.0 Å². The van der Waals surface area contributed by atoms with Gasteiger partial charge in [-0.15, -0.1) is 6.58 Å². The maximum absolute atomic E-state index is 12.7. The summed E-state index contributed by atoms with van der Waals surface area (Å²) in [7, 11) is 0. The molecular weight excluding hydrogens is 288 g/mol. The Morgan fingerprint density at radius 1 is 1.13 bits per heavy atom. The molecule has 0 aromatic heterocycles. The maximum atomic E-state index is 12.7. The van der Waals surface area contributed by atoms with Crippen molar-refractivity contribution in [2.45, 2.75) is 19.8 Å². The molecule has 3 rings (SSSR count). The van der Waals surface area contributed by atoms with Crippen molar-refractivity contribution in [3.63, 3.8) is 0 Å². The quantitative estimate of drug-likeness (QED) is 0.651. The zero-order valence-corrected chi connectivity index (χ0v) is 13.3. The molecule has 0 spiro atoms. The van der Waals surface area contributed by atoms with E-state index in [1.807, 2.05) is 31.2 Å². The minimum atomic E-state index is -0.192. The number of nitrogens with zero attached hydrogens (tertiary/aromatic N) is 1. The third-order valence-corrected chi connectivity index (χ3v) is 4.16. The van der Waals surface area contributed by atoms with Crippen molar-refractivity contribution in [2.75, 3.05) is 18.4 Å². The third-order valence-electron chi connectivity index (χ3n) is 4.16. The summed E-state index contributed by atoms with van der Waals surface area (Å²) in [5.74, 6) is -0.384. The zero-order chi connectivity index (χ0) is 16.4. The van der Waals surface area contributed by atoms with Crippen LogP contribution in [-0.2, 0) is 0 Å². The van der Waals surface area contributed by atoms with E-state index < -0.39 is 0 Å². The summed E-state index contributed by atoms with van der Waals surface area (Å²) in [6.07, 6.45) is 3.54. The SMILES string of the molecule is C=CCNc1ccc2c3c(cccc13)C(=O)N(CCCC)C2=O. The fourth-order valence-corrected chi connectivity index (χ4v) is 3.00. The lowest BCUT2D eigenvalue weighted by atomic mass is 9.93. The Kier molecular flexibility index (Phi) is 4.15. The van der Waals surface area contributed by atoms with E-state index in [0.29, 0.717) is 24.2 Å². The molecule has 0 bridgehead atoms. The van der Waals surface area contributed by atoms with Crippen LogP contribution in [0.25, 0.3) is 10.8 Å². The number of amides is 2. The molecule has 0 atom stereocenters. The third kappa shape index (κ3) is 2.50. The molecule has 0 fully saturated rings. The topological polar surface area (TPSA) is 49.4 Å². The normalized spacial score (nSPS) is 13.5. The number of carbonyl (C=O) groups is 2. The highest BCUT2D eigenvalue weighted by molar-refractivity contribution is 6.26. The highest BCUT2D eigenvalue weighted by Gasteiger charge is 2.32. The second kappa shape index (κ2) is 6.24. The Labute approximate surface area is 135 Å². The Bertz CT molecular complexity index is 773. The van der Waals surface area contributed by atoms with E-state index in [1.54, 1.807) is 12.1 Å². The van der Waals surface area contributed by atoms with Gasteiger partial charge in [-0.1, -0.05) is 31.6 Å². The van der Waals surface area contributed by atoms with Gasteiger partial charge in [0.2, 0.25) is 0 Å². The molecule has 0 unspecified atom stereocenters. The Morgan fingerprint density at radius 2 is 1.87 bits per heavy atom. The van der Waals surface area contributed by atoms with Crippen LogP contribution >= 0.6 is 0 Å². The van der Waals surface area contributed by atoms with E-state index in [2.05, 4.69) is 11.9 Å². The lowest BCUT2D eigenvalue weighted by Gasteiger charge is -2.27. The second-order valence-electron chi connectivity index (χ2n) is 5.67. The van der Waals surface area contributed by atoms with Gasteiger partial charge in [0.15, 0.2) is 0 Å². The summed E-state index contributed by atoms with van der Waals surface area (Å²) in [6, 6.07) is 9.32. The standard InChI is InChI=1S/C19H20N2O2/c1-3-5-12-21-18(22)14-8-6-7-13-16(20-11-4-2)10-9-15(17(13)14)19(21)23/h4,6-10,20H,2-3,5,11-12H2,1H3. The van der Waals surface area contributed by atoms with E-state index in [4.69, 9.17) is 0 Å². The van der Waals surface area contributed by atoms with Crippen molar-refractivity contribution in [3.05, 3.63) is 54.1 Å². The number of carbonyl (C=O) groups excluding carboxylic acids is 2. The molecule has 0 aliphatic carbocycles. The highest BCUT2D eigenvalue weighted by atomic mass is 16.2. The van der Waals surface area contributed by atoms with Gasteiger partial charge in [0, 0.05) is 40.7 Å². The van der Waals surface area contributed by atoms with Crippen LogP contribution in [0.3, 0.4) is 0 Å². The number of unbranched alkanes of at least 4 members (excludes halogenated alkanes) is 1. The molecule has 0 saturated carbocycles. The number of nitrogens with one attached hydrogen (secondary N) is 1. The molecule has 4 nitrogen and oxygen atoms in total. The molecule has 2 amide bonds. The number of rotatable bonds is 6. The number of imide groups is 1. The molecule has 2 aromatic rings. The van der Waals surface area contributed by atoms with Gasteiger partial charge in [-0.2, -0.15) is 0 Å².